The maximum absolute atomic E-state index is 9.53. The van der Waals surface area contributed by atoms with Crippen LogP contribution < -0.4 is 0 Å². The Morgan fingerprint density at radius 1 is 1.29 bits per heavy atom. The highest BCUT2D eigenvalue weighted by molar-refractivity contribution is 4.98. The van der Waals surface area contributed by atoms with Gasteiger partial charge in [-0.25, -0.2) is 0 Å². The molecule has 0 bridgehead atoms. The molecule has 1 heterocycles. The van der Waals surface area contributed by atoms with Crippen molar-refractivity contribution in [3.63, 3.8) is 0 Å². The van der Waals surface area contributed by atoms with Crippen LogP contribution in [0, 0.1) is 0 Å². The van der Waals surface area contributed by atoms with Crippen LogP contribution in [-0.4, -0.2) is 57.4 Å². The van der Waals surface area contributed by atoms with Crippen LogP contribution in [0.2, 0.25) is 0 Å². The van der Waals surface area contributed by atoms with E-state index in [2.05, 4.69) is 0 Å². The quantitative estimate of drug-likeness (QED) is 0.378. The van der Waals surface area contributed by atoms with Crippen LogP contribution in [0.15, 0.2) is 0 Å². The van der Waals surface area contributed by atoms with Crippen LogP contribution in [0.1, 0.15) is 13.8 Å². The summed E-state index contributed by atoms with van der Waals surface area (Å²) in [6, 6.07) is 0. The molecular formula is C8H16O6. The summed E-state index contributed by atoms with van der Waals surface area (Å²) in [4.78, 5) is 0. The lowest BCUT2D eigenvalue weighted by molar-refractivity contribution is -0.415. The third-order valence-corrected chi connectivity index (χ3v) is 2.60. The molecule has 0 radical (unpaired) electrons. The first kappa shape index (κ1) is 11.8. The Bertz CT molecular complexity index is 213. The average molecular weight is 208 g/mol. The van der Waals surface area contributed by atoms with Gasteiger partial charge in [0.25, 0.3) is 0 Å². The lowest BCUT2D eigenvalue weighted by Gasteiger charge is -2.49. The maximum Gasteiger partial charge on any atom is 0.224 e. The van der Waals surface area contributed by atoms with E-state index in [1.165, 1.54) is 21.0 Å². The molecule has 0 spiro atoms. The largest absolute Gasteiger partial charge is 0.385 e. The second-order valence-electron chi connectivity index (χ2n) is 3.67. The van der Waals surface area contributed by atoms with Gasteiger partial charge in [0, 0.05) is 7.11 Å². The third-order valence-electron chi connectivity index (χ3n) is 2.60. The summed E-state index contributed by atoms with van der Waals surface area (Å²) in [6.45, 7) is 2.82. The summed E-state index contributed by atoms with van der Waals surface area (Å²) >= 11 is 0. The highest BCUT2D eigenvalue weighted by Crippen LogP contribution is 2.35. The molecule has 0 aromatic heterocycles. The van der Waals surface area contributed by atoms with Crippen molar-refractivity contribution < 1.29 is 29.9 Å². The van der Waals surface area contributed by atoms with Gasteiger partial charge in [-0.1, -0.05) is 0 Å². The predicted molar refractivity (Wildman–Crippen MR) is 45.1 cm³/mol. The summed E-state index contributed by atoms with van der Waals surface area (Å²) in [5.41, 5.74) is 0. The topological polar surface area (TPSA) is 99.4 Å². The van der Waals surface area contributed by atoms with E-state index in [1.54, 1.807) is 0 Å². The zero-order valence-electron chi connectivity index (χ0n) is 8.34. The first-order valence-corrected chi connectivity index (χ1v) is 4.29. The molecule has 4 N–H and O–H groups in total. The number of aliphatic hydroxyl groups is 4. The lowest BCUT2D eigenvalue weighted by atomic mass is 9.90. The van der Waals surface area contributed by atoms with Gasteiger partial charge in [-0.05, 0) is 13.8 Å². The molecule has 6 nitrogen and oxygen atoms in total. The number of ether oxygens (including phenoxy) is 2. The Labute approximate surface area is 81.7 Å². The molecule has 84 valence electrons. The Hall–Kier alpha value is -0.240. The fourth-order valence-electron chi connectivity index (χ4n) is 1.55. The van der Waals surface area contributed by atoms with Gasteiger partial charge in [-0.3, -0.25) is 0 Å². The van der Waals surface area contributed by atoms with Gasteiger partial charge in [0.1, 0.15) is 6.10 Å². The van der Waals surface area contributed by atoms with E-state index < -0.39 is 29.9 Å². The zero-order valence-corrected chi connectivity index (χ0v) is 8.34. The normalized spacial score (nSPS) is 47.8. The maximum atomic E-state index is 9.53. The standard InChI is InChI=1S/C8H16O6/c1-4-5(9)8(11,12)6(10)7(2,13-3)14-4/h4-6,9-12H,1-3H3/t4?,5-,6?,7+/m1/s1. The molecule has 0 amide bonds. The van der Waals surface area contributed by atoms with E-state index in [9.17, 15) is 20.4 Å². The van der Waals surface area contributed by atoms with Gasteiger partial charge in [-0.2, -0.15) is 0 Å². The van der Waals surface area contributed by atoms with Crippen LogP contribution in [-0.2, 0) is 9.47 Å². The van der Waals surface area contributed by atoms with Crippen LogP contribution in [0.4, 0.5) is 0 Å². The number of hydrogen-bond donors (Lipinski definition) is 4. The van der Waals surface area contributed by atoms with E-state index in [0.717, 1.165) is 0 Å². The molecule has 0 aromatic carbocycles. The summed E-state index contributed by atoms with van der Waals surface area (Å²) in [6.07, 6.45) is -4.18. The monoisotopic (exact) mass is 208 g/mol. The molecule has 0 aromatic rings. The summed E-state index contributed by atoms with van der Waals surface area (Å²) in [5.74, 6) is -4.18. The molecule has 1 fully saturated rings. The summed E-state index contributed by atoms with van der Waals surface area (Å²) < 4.78 is 9.98. The van der Waals surface area contributed by atoms with Gasteiger partial charge >= 0.3 is 0 Å². The first-order valence-electron chi connectivity index (χ1n) is 4.29. The predicted octanol–water partition coefficient (Wildman–Crippen LogP) is -1.83. The van der Waals surface area contributed by atoms with Crippen molar-refractivity contribution in [3.8, 4) is 0 Å². The minimum absolute atomic E-state index is 0.849. The van der Waals surface area contributed by atoms with Crippen molar-refractivity contribution in [2.75, 3.05) is 7.11 Å². The Morgan fingerprint density at radius 3 is 2.21 bits per heavy atom. The minimum Gasteiger partial charge on any atom is -0.385 e. The average Bonchev–Trinajstić information content (AvgIpc) is 2.13. The molecule has 1 rings (SSSR count). The van der Waals surface area contributed by atoms with E-state index in [0.29, 0.717) is 0 Å². The number of methoxy groups -OCH3 is 1. The molecule has 1 aliphatic rings. The molecular weight excluding hydrogens is 192 g/mol. The Balaban J connectivity index is 2.99. The number of hydrogen-bond acceptors (Lipinski definition) is 6. The van der Waals surface area contributed by atoms with Crippen molar-refractivity contribution in [1.29, 1.82) is 0 Å². The molecule has 2 unspecified atom stereocenters. The van der Waals surface area contributed by atoms with Gasteiger partial charge in [0.05, 0.1) is 6.10 Å². The first-order chi connectivity index (χ1) is 6.25. The van der Waals surface area contributed by atoms with Gasteiger partial charge in [0.15, 0.2) is 11.9 Å². The van der Waals surface area contributed by atoms with Crippen LogP contribution in [0.3, 0.4) is 0 Å². The van der Waals surface area contributed by atoms with E-state index >= 15 is 0 Å². The highest BCUT2D eigenvalue weighted by atomic mass is 16.7. The van der Waals surface area contributed by atoms with Crippen molar-refractivity contribution in [3.05, 3.63) is 0 Å². The van der Waals surface area contributed by atoms with Gasteiger partial charge in [-0.15, -0.1) is 0 Å². The second-order valence-corrected chi connectivity index (χ2v) is 3.67. The molecule has 1 aliphatic heterocycles. The van der Waals surface area contributed by atoms with E-state index in [4.69, 9.17) is 9.47 Å². The van der Waals surface area contributed by atoms with Crippen LogP contribution in [0.5, 0.6) is 0 Å². The van der Waals surface area contributed by atoms with Crippen molar-refractivity contribution >= 4 is 0 Å². The molecule has 0 aliphatic carbocycles. The minimum atomic E-state index is -2.64. The fourth-order valence-corrected chi connectivity index (χ4v) is 1.55. The fraction of sp³-hybridized carbons (Fsp3) is 1.00. The van der Waals surface area contributed by atoms with Crippen LogP contribution >= 0.6 is 0 Å². The summed E-state index contributed by atoms with van der Waals surface area (Å²) in [7, 11) is 1.27. The van der Waals surface area contributed by atoms with Crippen LogP contribution in [0.25, 0.3) is 0 Å². The van der Waals surface area contributed by atoms with E-state index in [1.807, 2.05) is 0 Å². The third kappa shape index (κ3) is 1.54. The van der Waals surface area contributed by atoms with Crippen molar-refractivity contribution in [1.82, 2.24) is 0 Å². The lowest BCUT2D eigenvalue weighted by Crippen LogP contribution is -2.70. The smallest absolute Gasteiger partial charge is 0.224 e. The van der Waals surface area contributed by atoms with Gasteiger partial charge in [0.2, 0.25) is 5.79 Å². The number of rotatable bonds is 1. The summed E-state index contributed by atoms with van der Waals surface area (Å²) in [5, 5.41) is 37.8. The number of aliphatic hydroxyl groups excluding tert-OH is 2. The van der Waals surface area contributed by atoms with Gasteiger partial charge < -0.3 is 29.9 Å². The van der Waals surface area contributed by atoms with E-state index in [-0.39, 0.29) is 0 Å². The second kappa shape index (κ2) is 3.41. The molecule has 14 heavy (non-hydrogen) atoms. The highest BCUT2D eigenvalue weighted by Gasteiger charge is 2.58. The van der Waals surface area contributed by atoms with Crippen molar-refractivity contribution in [2.24, 2.45) is 0 Å². The molecule has 1 saturated heterocycles. The molecule has 4 atom stereocenters. The SMILES string of the molecule is CO[C@@]1(C)OC(C)[C@@H](O)C(O)(O)C1O. The Morgan fingerprint density at radius 2 is 1.79 bits per heavy atom. The Kier molecular flexibility index (Phi) is 2.88. The van der Waals surface area contributed by atoms with Crippen molar-refractivity contribution in [2.45, 2.75) is 43.7 Å². The zero-order chi connectivity index (χ0) is 11.1. The molecule has 0 saturated carbocycles. The molecule has 6 heteroatoms.